The summed E-state index contributed by atoms with van der Waals surface area (Å²) in [6.07, 6.45) is 1.76. The minimum Gasteiger partial charge on any atom is -0.256 e. The number of hydrogen-bond acceptors (Lipinski definition) is 3. The molecule has 4 heteroatoms. The molecule has 0 N–H and O–H groups in total. The zero-order valence-electron chi connectivity index (χ0n) is 12.6. The van der Waals surface area contributed by atoms with Crippen LogP contribution in [-0.4, -0.2) is 4.98 Å². The van der Waals surface area contributed by atoms with Crippen molar-refractivity contribution < 1.29 is 0 Å². The van der Waals surface area contributed by atoms with Crippen LogP contribution >= 0.6 is 0 Å². The van der Waals surface area contributed by atoms with Gasteiger partial charge in [-0.3, -0.25) is 4.98 Å². The van der Waals surface area contributed by atoms with Gasteiger partial charge in [0.15, 0.2) is 0 Å². The highest BCUT2D eigenvalue weighted by atomic mass is 14.7. The lowest BCUT2D eigenvalue weighted by molar-refractivity contribution is 1.32. The Kier molecular flexibility index (Phi) is 4.02. The fourth-order valence-electron chi connectivity index (χ4n) is 2.43. The molecule has 0 amide bonds. The van der Waals surface area contributed by atoms with Crippen LogP contribution in [0, 0.1) is 29.2 Å². The van der Waals surface area contributed by atoms with Gasteiger partial charge in [-0.25, -0.2) is 4.85 Å². The average Bonchev–Trinajstić information content (AvgIpc) is 2.67. The molecule has 4 nitrogen and oxygen atoms in total. The summed E-state index contributed by atoms with van der Waals surface area (Å²) in [7, 11) is 0. The molecular weight excluding hydrogens is 296 g/mol. The monoisotopic (exact) mass is 306 g/mol. The lowest BCUT2D eigenvalue weighted by atomic mass is 10.0. The number of hydrogen-bond donors (Lipinski definition) is 0. The normalized spacial score (nSPS) is 9.54. The Morgan fingerprint density at radius 3 is 2.25 bits per heavy atom. The van der Waals surface area contributed by atoms with Gasteiger partial charge in [0.25, 0.3) is 0 Å². The molecule has 3 rings (SSSR count). The Hall–Kier alpha value is -3.94. The molecule has 0 radical (unpaired) electrons. The summed E-state index contributed by atoms with van der Waals surface area (Å²) >= 11 is 0. The van der Waals surface area contributed by atoms with E-state index in [9.17, 15) is 5.26 Å². The quantitative estimate of drug-likeness (QED) is 0.644. The highest BCUT2D eigenvalue weighted by Gasteiger charge is 2.12. The Morgan fingerprint density at radius 2 is 1.67 bits per heavy atom. The van der Waals surface area contributed by atoms with Crippen LogP contribution in [-0.2, 0) is 0 Å². The van der Waals surface area contributed by atoms with Crippen LogP contribution in [0.1, 0.15) is 11.1 Å². The second-order valence-electron chi connectivity index (χ2n) is 5.05. The predicted octanol–water partition coefficient (Wildman–Crippen LogP) is 4.71. The Balaban J connectivity index is 2.06. The van der Waals surface area contributed by atoms with Gasteiger partial charge in [-0.15, -0.1) is 0 Å². The topological polar surface area (TPSA) is 64.8 Å². The van der Waals surface area contributed by atoms with Crippen molar-refractivity contribution >= 4 is 5.69 Å². The van der Waals surface area contributed by atoms with E-state index in [1.165, 1.54) is 0 Å². The summed E-state index contributed by atoms with van der Waals surface area (Å²) in [4.78, 5) is 7.79. The zero-order valence-corrected chi connectivity index (χ0v) is 12.6. The van der Waals surface area contributed by atoms with Crippen molar-refractivity contribution in [1.29, 1.82) is 10.5 Å². The molecule has 2 aromatic carbocycles. The SMILES string of the molecule is [C-]#[N+]c1cc(-c2ccc(-c3ccccc3)cn2)cc(C#N)c1C#N. The highest BCUT2D eigenvalue weighted by Crippen LogP contribution is 2.30. The first-order chi connectivity index (χ1) is 11.8. The van der Waals surface area contributed by atoms with E-state index in [0.29, 0.717) is 11.3 Å². The van der Waals surface area contributed by atoms with Gasteiger partial charge in [0, 0.05) is 11.8 Å². The van der Waals surface area contributed by atoms with Crippen LogP contribution in [0.3, 0.4) is 0 Å². The summed E-state index contributed by atoms with van der Waals surface area (Å²) in [5, 5.41) is 18.3. The van der Waals surface area contributed by atoms with Crippen LogP contribution < -0.4 is 0 Å². The number of nitrogens with zero attached hydrogens (tertiary/aromatic N) is 4. The predicted molar refractivity (Wildman–Crippen MR) is 90.8 cm³/mol. The minimum absolute atomic E-state index is 0.108. The molecule has 0 saturated heterocycles. The maximum Gasteiger partial charge on any atom is 0.206 e. The summed E-state index contributed by atoms with van der Waals surface area (Å²) in [6, 6.07) is 20.8. The second kappa shape index (κ2) is 6.44. The molecule has 0 spiro atoms. The van der Waals surface area contributed by atoms with Crippen molar-refractivity contribution in [2.24, 2.45) is 0 Å². The van der Waals surface area contributed by atoms with Crippen molar-refractivity contribution in [2.75, 3.05) is 0 Å². The molecular formula is C20H10N4. The molecule has 0 aliphatic rings. The number of aromatic nitrogens is 1. The number of benzene rings is 2. The fourth-order valence-corrected chi connectivity index (χ4v) is 2.43. The second-order valence-corrected chi connectivity index (χ2v) is 5.05. The van der Waals surface area contributed by atoms with E-state index in [1.54, 1.807) is 18.3 Å². The summed E-state index contributed by atoms with van der Waals surface area (Å²) < 4.78 is 0. The minimum atomic E-state index is 0.108. The van der Waals surface area contributed by atoms with E-state index in [-0.39, 0.29) is 16.8 Å². The van der Waals surface area contributed by atoms with Gasteiger partial charge in [0.2, 0.25) is 5.69 Å². The first kappa shape index (κ1) is 15.0. The molecule has 0 fully saturated rings. The number of nitriles is 2. The van der Waals surface area contributed by atoms with E-state index >= 15 is 0 Å². The first-order valence-electron chi connectivity index (χ1n) is 7.14. The third-order valence-corrected chi connectivity index (χ3v) is 3.64. The van der Waals surface area contributed by atoms with Gasteiger partial charge in [0.1, 0.15) is 0 Å². The molecule has 0 saturated carbocycles. The summed E-state index contributed by atoms with van der Waals surface area (Å²) in [5.74, 6) is 0. The Bertz CT molecular complexity index is 979. The molecule has 0 atom stereocenters. The van der Waals surface area contributed by atoms with Gasteiger partial charge in [-0.2, -0.15) is 10.5 Å². The van der Waals surface area contributed by atoms with E-state index in [1.807, 2.05) is 54.6 Å². The molecule has 0 bridgehead atoms. The first-order valence-corrected chi connectivity index (χ1v) is 7.14. The molecule has 3 aromatic rings. The van der Waals surface area contributed by atoms with Crippen LogP contribution in [0.25, 0.3) is 27.2 Å². The van der Waals surface area contributed by atoms with E-state index < -0.39 is 0 Å². The third kappa shape index (κ3) is 2.71. The van der Waals surface area contributed by atoms with Crippen LogP contribution in [0.2, 0.25) is 0 Å². The van der Waals surface area contributed by atoms with Gasteiger partial charge in [-0.1, -0.05) is 36.4 Å². The standard InChI is InChI=1S/C20H10N4/c1-23-20-10-16(9-17(11-21)18(20)12-22)19-8-7-15(13-24-19)14-5-3-2-4-6-14/h2-10,13H. The molecule has 1 aromatic heterocycles. The van der Waals surface area contributed by atoms with Gasteiger partial charge in [0.05, 0.1) is 35.5 Å². The van der Waals surface area contributed by atoms with E-state index in [4.69, 9.17) is 11.8 Å². The van der Waals surface area contributed by atoms with Crippen LogP contribution in [0.5, 0.6) is 0 Å². The molecule has 1 heterocycles. The molecule has 0 unspecified atom stereocenters. The Morgan fingerprint density at radius 1 is 0.875 bits per heavy atom. The molecule has 110 valence electrons. The number of pyridine rings is 1. The van der Waals surface area contributed by atoms with Gasteiger partial charge in [-0.05, 0) is 29.3 Å². The largest absolute Gasteiger partial charge is 0.256 e. The summed E-state index contributed by atoms with van der Waals surface area (Å²) in [5.41, 5.74) is 3.82. The van der Waals surface area contributed by atoms with Crippen molar-refractivity contribution in [1.82, 2.24) is 4.98 Å². The molecule has 0 aliphatic carbocycles. The van der Waals surface area contributed by atoms with Crippen molar-refractivity contribution in [3.8, 4) is 34.5 Å². The zero-order chi connectivity index (χ0) is 16.9. The van der Waals surface area contributed by atoms with Crippen molar-refractivity contribution in [3.05, 3.63) is 83.3 Å². The van der Waals surface area contributed by atoms with Crippen LogP contribution in [0.4, 0.5) is 5.69 Å². The van der Waals surface area contributed by atoms with Gasteiger partial charge < -0.3 is 0 Å². The maximum absolute atomic E-state index is 9.21. The number of rotatable bonds is 2. The smallest absolute Gasteiger partial charge is 0.206 e. The van der Waals surface area contributed by atoms with Crippen molar-refractivity contribution in [3.63, 3.8) is 0 Å². The Labute approximate surface area is 139 Å². The van der Waals surface area contributed by atoms with E-state index in [2.05, 4.69) is 9.83 Å². The maximum atomic E-state index is 9.21. The third-order valence-electron chi connectivity index (χ3n) is 3.64. The lowest BCUT2D eigenvalue weighted by Gasteiger charge is -2.06. The van der Waals surface area contributed by atoms with Crippen molar-refractivity contribution in [2.45, 2.75) is 0 Å². The highest BCUT2D eigenvalue weighted by molar-refractivity contribution is 5.75. The molecule has 24 heavy (non-hydrogen) atoms. The van der Waals surface area contributed by atoms with Crippen LogP contribution in [0.15, 0.2) is 60.8 Å². The fraction of sp³-hybridized carbons (Fsp3) is 0. The summed E-state index contributed by atoms with van der Waals surface area (Å²) in [6.45, 7) is 7.21. The van der Waals surface area contributed by atoms with Gasteiger partial charge >= 0.3 is 0 Å². The average molecular weight is 306 g/mol. The molecule has 0 aliphatic heterocycles. The van der Waals surface area contributed by atoms with E-state index in [0.717, 1.165) is 11.1 Å². The lowest BCUT2D eigenvalue weighted by Crippen LogP contribution is -1.89.